The number of hydrogen-bond donors (Lipinski definition) is 1. The van der Waals surface area contributed by atoms with Crippen molar-refractivity contribution in [2.75, 3.05) is 6.54 Å². The molecule has 64 valence electrons. The molecule has 0 unspecified atom stereocenters. The van der Waals surface area contributed by atoms with Gasteiger partial charge in [0.2, 0.25) is 0 Å². The predicted molar refractivity (Wildman–Crippen MR) is 39.9 cm³/mol. The lowest BCUT2D eigenvalue weighted by atomic mass is 10.3. The van der Waals surface area contributed by atoms with Crippen molar-refractivity contribution < 1.29 is 9.90 Å². The van der Waals surface area contributed by atoms with Gasteiger partial charge in [-0.15, -0.1) is 4.91 Å². The van der Waals surface area contributed by atoms with Crippen LogP contribution in [0.2, 0.25) is 0 Å². The summed E-state index contributed by atoms with van der Waals surface area (Å²) in [5.41, 5.74) is 0. The maximum absolute atomic E-state index is 10.1. The van der Waals surface area contributed by atoms with Crippen molar-refractivity contribution in [1.82, 2.24) is 5.01 Å². The molecule has 5 heteroatoms. The molecule has 0 saturated heterocycles. The smallest absolute Gasteiger partial charge is 0.305 e. The Bertz CT molecular complexity index is 147. The standard InChI is InChI=1S/C6H12N2O3/c1-5(2)8(7-11)4-3-6(9)10/h5H,3-4H2,1-2H3,(H,9,10). The first-order chi connectivity index (χ1) is 5.07. The molecule has 0 aliphatic heterocycles. The Morgan fingerprint density at radius 2 is 2.18 bits per heavy atom. The van der Waals surface area contributed by atoms with Crippen molar-refractivity contribution in [3.8, 4) is 0 Å². The molecule has 0 spiro atoms. The molecule has 0 aromatic rings. The first-order valence-corrected chi connectivity index (χ1v) is 3.39. The Hall–Kier alpha value is -1.13. The summed E-state index contributed by atoms with van der Waals surface area (Å²) in [6.07, 6.45) is -0.0517. The van der Waals surface area contributed by atoms with Gasteiger partial charge in [0.25, 0.3) is 0 Å². The lowest BCUT2D eigenvalue weighted by molar-refractivity contribution is -0.137. The van der Waals surface area contributed by atoms with E-state index in [0.29, 0.717) is 0 Å². The Morgan fingerprint density at radius 3 is 2.45 bits per heavy atom. The fourth-order valence-corrected chi connectivity index (χ4v) is 0.603. The van der Waals surface area contributed by atoms with Crippen LogP contribution in [0.3, 0.4) is 0 Å². The van der Waals surface area contributed by atoms with E-state index in [4.69, 9.17) is 5.11 Å². The zero-order valence-electron chi connectivity index (χ0n) is 6.65. The van der Waals surface area contributed by atoms with Crippen LogP contribution < -0.4 is 0 Å². The number of carboxylic acids is 1. The summed E-state index contributed by atoms with van der Waals surface area (Å²) in [7, 11) is 0. The summed E-state index contributed by atoms with van der Waals surface area (Å²) < 4.78 is 0. The summed E-state index contributed by atoms with van der Waals surface area (Å²) in [5.74, 6) is -0.917. The average Bonchev–Trinajstić information content (AvgIpc) is 1.87. The molecule has 0 rings (SSSR count). The summed E-state index contributed by atoms with van der Waals surface area (Å²) in [4.78, 5) is 20.1. The largest absolute Gasteiger partial charge is 0.481 e. The molecule has 0 heterocycles. The van der Waals surface area contributed by atoms with Gasteiger partial charge in [0, 0.05) is 12.6 Å². The minimum absolute atomic E-state index is 0.0353. The van der Waals surface area contributed by atoms with Gasteiger partial charge in [-0.05, 0) is 13.8 Å². The molecule has 0 aliphatic carbocycles. The molecule has 0 saturated carbocycles. The third-order valence-corrected chi connectivity index (χ3v) is 1.26. The highest BCUT2D eigenvalue weighted by molar-refractivity contribution is 5.66. The van der Waals surface area contributed by atoms with Crippen LogP contribution >= 0.6 is 0 Å². The molecule has 0 fully saturated rings. The van der Waals surface area contributed by atoms with Crippen LogP contribution in [0.1, 0.15) is 20.3 Å². The van der Waals surface area contributed by atoms with Crippen LogP contribution in [0, 0.1) is 4.91 Å². The fraction of sp³-hybridized carbons (Fsp3) is 0.833. The van der Waals surface area contributed by atoms with Gasteiger partial charge in [-0.3, -0.25) is 9.80 Å². The van der Waals surface area contributed by atoms with E-state index in [1.807, 2.05) is 0 Å². The maximum Gasteiger partial charge on any atom is 0.305 e. The van der Waals surface area contributed by atoms with Gasteiger partial charge in [0.05, 0.1) is 11.7 Å². The number of aliphatic carboxylic acids is 1. The van der Waals surface area contributed by atoms with E-state index >= 15 is 0 Å². The number of carboxylic acid groups (broad SMARTS) is 1. The van der Waals surface area contributed by atoms with Gasteiger partial charge in [0.1, 0.15) is 0 Å². The van der Waals surface area contributed by atoms with E-state index in [1.165, 1.54) is 5.01 Å². The van der Waals surface area contributed by atoms with E-state index in [-0.39, 0.29) is 19.0 Å². The number of nitroso groups, excluding NO2 is 1. The zero-order valence-corrected chi connectivity index (χ0v) is 6.65. The lowest BCUT2D eigenvalue weighted by Gasteiger charge is -2.17. The van der Waals surface area contributed by atoms with Crippen LogP contribution in [0.4, 0.5) is 0 Å². The number of nitrogens with zero attached hydrogens (tertiary/aromatic N) is 2. The third-order valence-electron chi connectivity index (χ3n) is 1.26. The molecule has 1 N–H and O–H groups in total. The second-order valence-corrected chi connectivity index (χ2v) is 2.48. The molecule has 0 aliphatic rings. The highest BCUT2D eigenvalue weighted by Gasteiger charge is 2.08. The number of carbonyl (C=O) groups is 1. The first kappa shape index (κ1) is 9.87. The number of hydrogen-bond acceptors (Lipinski definition) is 3. The Kier molecular flexibility index (Phi) is 4.17. The van der Waals surface area contributed by atoms with E-state index in [1.54, 1.807) is 13.8 Å². The van der Waals surface area contributed by atoms with Crippen molar-refractivity contribution in [2.24, 2.45) is 5.29 Å². The fourth-order valence-electron chi connectivity index (χ4n) is 0.603. The van der Waals surface area contributed by atoms with Crippen LogP contribution in [0.15, 0.2) is 5.29 Å². The molecule has 0 amide bonds. The zero-order chi connectivity index (χ0) is 8.85. The molecular formula is C6H12N2O3. The van der Waals surface area contributed by atoms with E-state index in [2.05, 4.69) is 5.29 Å². The van der Waals surface area contributed by atoms with Gasteiger partial charge in [0.15, 0.2) is 0 Å². The number of rotatable bonds is 5. The minimum Gasteiger partial charge on any atom is -0.481 e. The lowest BCUT2D eigenvalue weighted by Crippen LogP contribution is -2.27. The van der Waals surface area contributed by atoms with Crippen LogP contribution in [-0.4, -0.2) is 28.7 Å². The summed E-state index contributed by atoms with van der Waals surface area (Å²) in [5, 5.41) is 12.2. The second kappa shape index (κ2) is 4.65. The van der Waals surface area contributed by atoms with Crippen molar-refractivity contribution in [3.63, 3.8) is 0 Å². The van der Waals surface area contributed by atoms with Gasteiger partial charge in [-0.25, -0.2) is 0 Å². The van der Waals surface area contributed by atoms with Gasteiger partial charge >= 0.3 is 5.97 Å². The third kappa shape index (κ3) is 4.30. The van der Waals surface area contributed by atoms with E-state index in [9.17, 15) is 9.70 Å². The van der Waals surface area contributed by atoms with Crippen molar-refractivity contribution in [2.45, 2.75) is 26.3 Å². The van der Waals surface area contributed by atoms with Gasteiger partial charge < -0.3 is 5.11 Å². The molecule has 11 heavy (non-hydrogen) atoms. The van der Waals surface area contributed by atoms with Crippen molar-refractivity contribution in [1.29, 1.82) is 0 Å². The first-order valence-electron chi connectivity index (χ1n) is 3.39. The predicted octanol–water partition coefficient (Wildman–Crippen LogP) is 0.853. The Balaban J connectivity index is 3.69. The highest BCUT2D eigenvalue weighted by Crippen LogP contribution is 1.99. The maximum atomic E-state index is 10.1. The summed E-state index contributed by atoms with van der Waals surface area (Å²) >= 11 is 0. The van der Waals surface area contributed by atoms with Crippen LogP contribution in [-0.2, 0) is 4.79 Å². The molecule has 0 bridgehead atoms. The van der Waals surface area contributed by atoms with E-state index in [0.717, 1.165) is 0 Å². The molecular weight excluding hydrogens is 148 g/mol. The second-order valence-electron chi connectivity index (χ2n) is 2.48. The van der Waals surface area contributed by atoms with Crippen molar-refractivity contribution >= 4 is 5.97 Å². The summed E-state index contributed by atoms with van der Waals surface area (Å²) in [6.45, 7) is 3.74. The quantitative estimate of drug-likeness (QED) is 0.478. The molecule has 0 radical (unpaired) electrons. The normalized spacial score (nSPS) is 9.73. The Labute approximate surface area is 64.9 Å². The topological polar surface area (TPSA) is 70.0 Å². The molecule has 0 aromatic carbocycles. The molecule has 0 aromatic heterocycles. The SMILES string of the molecule is CC(C)N(CCC(=O)O)N=O. The molecule has 0 atom stereocenters. The molecule has 5 nitrogen and oxygen atoms in total. The minimum atomic E-state index is -0.917. The Morgan fingerprint density at radius 1 is 1.64 bits per heavy atom. The average molecular weight is 160 g/mol. The van der Waals surface area contributed by atoms with E-state index < -0.39 is 5.97 Å². The van der Waals surface area contributed by atoms with Gasteiger partial charge in [-0.2, -0.15) is 0 Å². The van der Waals surface area contributed by atoms with Gasteiger partial charge in [-0.1, -0.05) is 0 Å². The van der Waals surface area contributed by atoms with Crippen molar-refractivity contribution in [3.05, 3.63) is 4.91 Å². The van der Waals surface area contributed by atoms with Crippen LogP contribution in [0.25, 0.3) is 0 Å². The summed E-state index contributed by atoms with van der Waals surface area (Å²) in [6, 6.07) is -0.0353. The van der Waals surface area contributed by atoms with Crippen LogP contribution in [0.5, 0.6) is 0 Å². The monoisotopic (exact) mass is 160 g/mol. The highest BCUT2D eigenvalue weighted by atomic mass is 16.4.